The molecular formula is C15H13Cl2IO2. The Bertz CT molecular complexity index is 562. The third kappa shape index (κ3) is 4.43. The first kappa shape index (κ1) is 15.7. The van der Waals surface area contributed by atoms with Gasteiger partial charge in [-0.3, -0.25) is 0 Å². The minimum atomic E-state index is 0.383. The van der Waals surface area contributed by atoms with Crippen molar-refractivity contribution in [2.24, 2.45) is 0 Å². The van der Waals surface area contributed by atoms with Gasteiger partial charge >= 0.3 is 0 Å². The first-order valence-corrected chi connectivity index (χ1v) is 7.86. The summed E-state index contributed by atoms with van der Waals surface area (Å²) in [6.07, 6.45) is 0. The summed E-state index contributed by atoms with van der Waals surface area (Å²) in [4.78, 5) is 0. The number of rotatable bonds is 5. The normalized spacial score (nSPS) is 10.4. The van der Waals surface area contributed by atoms with Gasteiger partial charge in [-0.2, -0.15) is 0 Å². The van der Waals surface area contributed by atoms with Crippen LogP contribution < -0.4 is 9.47 Å². The summed E-state index contributed by atoms with van der Waals surface area (Å²) in [6.45, 7) is 2.75. The summed E-state index contributed by atoms with van der Waals surface area (Å²) in [5, 5.41) is 1.04. The van der Waals surface area contributed by atoms with Gasteiger partial charge in [-0.15, -0.1) is 0 Å². The van der Waals surface area contributed by atoms with Crippen molar-refractivity contribution in [1.82, 2.24) is 0 Å². The van der Waals surface area contributed by atoms with Crippen LogP contribution >= 0.6 is 45.8 Å². The van der Waals surface area contributed by atoms with Gasteiger partial charge in [0.1, 0.15) is 19.0 Å². The smallest absolute Gasteiger partial charge is 0.156 e. The van der Waals surface area contributed by atoms with E-state index in [0.29, 0.717) is 29.0 Å². The van der Waals surface area contributed by atoms with Crippen molar-refractivity contribution in [3.8, 4) is 11.5 Å². The molecule has 0 saturated carbocycles. The zero-order valence-electron chi connectivity index (χ0n) is 10.8. The lowest BCUT2D eigenvalue weighted by Crippen LogP contribution is -2.09. The zero-order chi connectivity index (χ0) is 14.5. The van der Waals surface area contributed by atoms with Crippen molar-refractivity contribution in [3.05, 3.63) is 55.6 Å². The van der Waals surface area contributed by atoms with Gasteiger partial charge in [0.2, 0.25) is 0 Å². The quantitative estimate of drug-likeness (QED) is 0.476. The Morgan fingerprint density at radius 1 is 0.950 bits per heavy atom. The van der Waals surface area contributed by atoms with Crippen molar-refractivity contribution < 1.29 is 9.47 Å². The van der Waals surface area contributed by atoms with Gasteiger partial charge in [0.15, 0.2) is 5.75 Å². The topological polar surface area (TPSA) is 18.5 Å². The summed E-state index contributed by atoms with van der Waals surface area (Å²) in [6, 6.07) is 11.5. The largest absolute Gasteiger partial charge is 0.490 e. The van der Waals surface area contributed by atoms with Gasteiger partial charge in [0.05, 0.1) is 10.0 Å². The Morgan fingerprint density at radius 2 is 1.50 bits per heavy atom. The maximum Gasteiger partial charge on any atom is 0.156 e. The van der Waals surface area contributed by atoms with E-state index in [0.717, 1.165) is 11.3 Å². The van der Waals surface area contributed by atoms with Crippen LogP contribution in [-0.4, -0.2) is 13.2 Å². The first-order valence-electron chi connectivity index (χ1n) is 6.03. The first-order chi connectivity index (χ1) is 9.56. The predicted octanol–water partition coefficient (Wildman–Crippen LogP) is 5.36. The van der Waals surface area contributed by atoms with Crippen LogP contribution in [0.25, 0.3) is 0 Å². The third-order valence-corrected chi connectivity index (χ3v) is 3.84. The number of benzene rings is 2. The molecule has 2 aromatic carbocycles. The zero-order valence-corrected chi connectivity index (χ0v) is 14.5. The van der Waals surface area contributed by atoms with Crippen LogP contribution in [0.1, 0.15) is 5.56 Å². The highest BCUT2D eigenvalue weighted by Gasteiger charge is 2.08. The molecule has 0 aromatic heterocycles. The molecule has 2 aromatic rings. The summed E-state index contributed by atoms with van der Waals surface area (Å²) in [7, 11) is 0. The third-order valence-electron chi connectivity index (χ3n) is 2.55. The van der Waals surface area contributed by atoms with E-state index < -0.39 is 0 Å². The summed E-state index contributed by atoms with van der Waals surface area (Å²) < 4.78 is 12.3. The molecule has 0 atom stereocenters. The van der Waals surface area contributed by atoms with Crippen LogP contribution in [0.2, 0.25) is 10.0 Å². The SMILES string of the molecule is Cc1cc(Cl)c(OCCOc2ccc(I)cc2)c(Cl)c1. The molecule has 0 saturated heterocycles. The second-order valence-electron chi connectivity index (χ2n) is 4.21. The lowest BCUT2D eigenvalue weighted by atomic mass is 10.2. The maximum atomic E-state index is 6.10. The molecule has 0 fully saturated rings. The van der Waals surface area contributed by atoms with Gasteiger partial charge in [-0.1, -0.05) is 23.2 Å². The van der Waals surface area contributed by atoms with E-state index in [-0.39, 0.29) is 0 Å². The standard InChI is InChI=1S/C15H13Cl2IO2/c1-10-8-13(16)15(14(17)9-10)20-7-6-19-12-4-2-11(18)3-5-12/h2-5,8-9H,6-7H2,1H3. The molecule has 0 aliphatic rings. The minimum Gasteiger partial charge on any atom is -0.490 e. The molecule has 0 N–H and O–H groups in total. The number of aryl methyl sites for hydroxylation is 1. The molecule has 2 rings (SSSR count). The number of ether oxygens (including phenoxy) is 2. The van der Waals surface area contributed by atoms with E-state index in [9.17, 15) is 0 Å². The summed E-state index contributed by atoms with van der Waals surface area (Å²) in [5.74, 6) is 1.32. The maximum absolute atomic E-state index is 6.10. The minimum absolute atomic E-state index is 0.383. The van der Waals surface area contributed by atoms with Crippen LogP contribution in [0.15, 0.2) is 36.4 Å². The van der Waals surface area contributed by atoms with E-state index in [2.05, 4.69) is 22.6 Å². The van der Waals surface area contributed by atoms with Crippen molar-refractivity contribution in [3.63, 3.8) is 0 Å². The average molecular weight is 423 g/mol. The molecule has 0 aliphatic heterocycles. The van der Waals surface area contributed by atoms with Crippen molar-refractivity contribution >= 4 is 45.8 Å². The Morgan fingerprint density at radius 3 is 2.10 bits per heavy atom. The molecule has 5 heteroatoms. The fourth-order valence-corrected chi connectivity index (χ4v) is 2.72. The molecule has 0 heterocycles. The highest BCUT2D eigenvalue weighted by Crippen LogP contribution is 2.33. The molecular weight excluding hydrogens is 410 g/mol. The number of halogens is 3. The fourth-order valence-electron chi connectivity index (χ4n) is 1.66. The molecule has 0 radical (unpaired) electrons. The molecule has 0 aliphatic carbocycles. The summed E-state index contributed by atoms with van der Waals surface area (Å²) >= 11 is 14.4. The van der Waals surface area contributed by atoms with Crippen LogP contribution in [-0.2, 0) is 0 Å². The van der Waals surface area contributed by atoms with E-state index in [1.165, 1.54) is 3.57 Å². The highest BCUT2D eigenvalue weighted by molar-refractivity contribution is 14.1. The molecule has 2 nitrogen and oxygen atoms in total. The van der Waals surface area contributed by atoms with Gasteiger partial charge in [-0.25, -0.2) is 0 Å². The Kier molecular flexibility index (Phi) is 5.81. The van der Waals surface area contributed by atoms with Gasteiger partial charge < -0.3 is 9.47 Å². The lowest BCUT2D eigenvalue weighted by Gasteiger charge is -2.11. The van der Waals surface area contributed by atoms with Crippen LogP contribution in [0.3, 0.4) is 0 Å². The molecule has 0 unspecified atom stereocenters. The van der Waals surface area contributed by atoms with E-state index in [1.54, 1.807) is 0 Å². The molecule has 0 spiro atoms. The van der Waals surface area contributed by atoms with Crippen LogP contribution in [0, 0.1) is 10.5 Å². The molecule has 0 bridgehead atoms. The molecule has 20 heavy (non-hydrogen) atoms. The average Bonchev–Trinajstić information content (AvgIpc) is 2.39. The van der Waals surface area contributed by atoms with Crippen LogP contribution in [0.4, 0.5) is 0 Å². The van der Waals surface area contributed by atoms with Gasteiger partial charge in [0, 0.05) is 3.57 Å². The van der Waals surface area contributed by atoms with Gasteiger partial charge in [-0.05, 0) is 71.5 Å². The van der Waals surface area contributed by atoms with Crippen molar-refractivity contribution in [2.75, 3.05) is 13.2 Å². The van der Waals surface area contributed by atoms with E-state index in [4.69, 9.17) is 32.7 Å². The summed E-state index contributed by atoms with van der Waals surface area (Å²) in [5.41, 5.74) is 1.00. The molecule has 0 amide bonds. The second kappa shape index (κ2) is 7.38. The van der Waals surface area contributed by atoms with E-state index >= 15 is 0 Å². The second-order valence-corrected chi connectivity index (χ2v) is 6.27. The lowest BCUT2D eigenvalue weighted by molar-refractivity contribution is 0.217. The van der Waals surface area contributed by atoms with Gasteiger partial charge in [0.25, 0.3) is 0 Å². The highest BCUT2D eigenvalue weighted by atomic mass is 127. The monoisotopic (exact) mass is 422 g/mol. The predicted molar refractivity (Wildman–Crippen MR) is 91.3 cm³/mol. The van der Waals surface area contributed by atoms with E-state index in [1.807, 2.05) is 43.3 Å². The van der Waals surface area contributed by atoms with Crippen molar-refractivity contribution in [1.29, 1.82) is 0 Å². The van der Waals surface area contributed by atoms with Crippen LogP contribution in [0.5, 0.6) is 11.5 Å². The Balaban J connectivity index is 1.86. The molecule has 106 valence electrons. The fraction of sp³-hybridized carbons (Fsp3) is 0.200. The number of hydrogen-bond acceptors (Lipinski definition) is 2. The van der Waals surface area contributed by atoms with Crippen molar-refractivity contribution in [2.45, 2.75) is 6.92 Å². The Hall–Kier alpha value is -0.650. The number of hydrogen-bond donors (Lipinski definition) is 0. The Labute approximate surface area is 142 Å².